The number of benzene rings is 2. The monoisotopic (exact) mass is 340 g/mol. The first-order chi connectivity index (χ1) is 10.6. The van der Waals surface area contributed by atoms with Crippen molar-refractivity contribution in [1.82, 2.24) is 0 Å². The lowest BCUT2D eigenvalue weighted by atomic mass is 9.99. The molecule has 0 radical (unpaired) electrons. The van der Waals surface area contributed by atoms with Crippen LogP contribution in [0.3, 0.4) is 0 Å². The van der Waals surface area contributed by atoms with Crippen molar-refractivity contribution in [2.24, 2.45) is 0 Å². The third kappa shape index (κ3) is 3.32. The number of hydrogen-bond acceptors (Lipinski definition) is 3. The number of hydrogen-bond donors (Lipinski definition) is 0. The molecular weight excluding hydrogens is 323 g/mol. The Labute approximate surface area is 140 Å². The minimum Gasteiger partial charge on any atom is -0.496 e. The minimum absolute atomic E-state index is 0.475. The van der Waals surface area contributed by atoms with E-state index >= 15 is 0 Å². The van der Waals surface area contributed by atoms with Crippen molar-refractivity contribution in [2.45, 2.75) is 13.0 Å². The Hall–Kier alpha value is -1.42. The summed E-state index contributed by atoms with van der Waals surface area (Å²) < 4.78 is 16.8. The van der Waals surface area contributed by atoms with Gasteiger partial charge in [0, 0.05) is 17.7 Å². The van der Waals surface area contributed by atoms with Crippen LogP contribution >= 0.6 is 23.2 Å². The molecule has 2 aromatic rings. The Morgan fingerprint density at radius 3 is 1.68 bits per heavy atom. The molecule has 0 aromatic heterocycles. The van der Waals surface area contributed by atoms with Gasteiger partial charge in [-0.3, -0.25) is 0 Å². The van der Waals surface area contributed by atoms with E-state index in [-0.39, 0.29) is 0 Å². The van der Waals surface area contributed by atoms with Gasteiger partial charge < -0.3 is 14.2 Å². The largest absolute Gasteiger partial charge is 0.496 e. The molecule has 0 saturated heterocycles. The molecule has 22 heavy (non-hydrogen) atoms. The van der Waals surface area contributed by atoms with Crippen molar-refractivity contribution in [3.05, 3.63) is 57.6 Å². The summed E-state index contributed by atoms with van der Waals surface area (Å²) in [4.78, 5) is 0. The Balaban J connectivity index is 2.67. The molecule has 0 aliphatic carbocycles. The molecule has 118 valence electrons. The van der Waals surface area contributed by atoms with Gasteiger partial charge >= 0.3 is 0 Å². The average molecular weight is 341 g/mol. The minimum atomic E-state index is -0.475. The molecule has 0 saturated carbocycles. The highest BCUT2D eigenvalue weighted by Gasteiger charge is 2.26. The molecule has 0 spiro atoms. The topological polar surface area (TPSA) is 27.7 Å². The molecule has 0 fully saturated rings. The summed E-state index contributed by atoms with van der Waals surface area (Å²) in [6.45, 7) is 2.41. The second kappa shape index (κ2) is 7.73. The maximum atomic E-state index is 6.39. The summed E-state index contributed by atoms with van der Waals surface area (Å²) in [5.74, 6) is 1.29. The summed E-state index contributed by atoms with van der Waals surface area (Å²) in [5, 5.41) is 1.11. The highest BCUT2D eigenvalue weighted by atomic mass is 35.5. The van der Waals surface area contributed by atoms with Gasteiger partial charge in [0.2, 0.25) is 0 Å². The summed E-state index contributed by atoms with van der Waals surface area (Å²) in [6.07, 6.45) is -0.475. The lowest BCUT2D eigenvalue weighted by molar-refractivity contribution is 0.0876. The van der Waals surface area contributed by atoms with Gasteiger partial charge in [0.15, 0.2) is 0 Å². The molecule has 0 amide bonds. The van der Waals surface area contributed by atoms with Gasteiger partial charge in [-0.25, -0.2) is 0 Å². The quantitative estimate of drug-likeness (QED) is 0.728. The third-order valence-corrected chi connectivity index (χ3v) is 3.98. The van der Waals surface area contributed by atoms with Gasteiger partial charge in [-0.1, -0.05) is 35.3 Å². The summed E-state index contributed by atoms with van der Waals surface area (Å²) >= 11 is 12.8. The summed E-state index contributed by atoms with van der Waals surface area (Å²) in [7, 11) is 3.20. The summed E-state index contributed by atoms with van der Waals surface area (Å²) in [6, 6.07) is 11.0. The lowest BCUT2D eigenvalue weighted by Crippen LogP contribution is -2.10. The Morgan fingerprint density at radius 2 is 1.32 bits per heavy atom. The van der Waals surface area contributed by atoms with Crippen molar-refractivity contribution in [3.8, 4) is 11.5 Å². The van der Waals surface area contributed by atoms with Crippen LogP contribution in [0.1, 0.15) is 24.2 Å². The highest BCUT2D eigenvalue weighted by Crippen LogP contribution is 2.43. The first-order valence-corrected chi connectivity index (χ1v) is 7.66. The van der Waals surface area contributed by atoms with Crippen LogP contribution in [-0.4, -0.2) is 20.8 Å². The molecule has 0 bridgehead atoms. The van der Waals surface area contributed by atoms with E-state index in [1.807, 2.05) is 31.2 Å². The van der Waals surface area contributed by atoms with E-state index in [4.69, 9.17) is 37.4 Å². The fraction of sp³-hybridized carbons (Fsp3) is 0.294. The first kappa shape index (κ1) is 16.9. The fourth-order valence-corrected chi connectivity index (χ4v) is 2.91. The van der Waals surface area contributed by atoms with E-state index in [2.05, 4.69) is 0 Å². The standard InChI is InChI=1S/C17H18Cl2O3/c1-4-22-17(15-11(18)7-5-9-13(15)20-2)16-12(19)8-6-10-14(16)21-3/h5-10,17H,4H2,1-3H3. The van der Waals surface area contributed by atoms with E-state index in [9.17, 15) is 0 Å². The molecule has 5 heteroatoms. The van der Waals surface area contributed by atoms with Crippen LogP contribution in [0.25, 0.3) is 0 Å². The van der Waals surface area contributed by atoms with Gasteiger partial charge in [-0.15, -0.1) is 0 Å². The Bertz CT molecular complexity index is 590. The highest BCUT2D eigenvalue weighted by molar-refractivity contribution is 6.32. The van der Waals surface area contributed by atoms with Gasteiger partial charge in [-0.2, -0.15) is 0 Å². The van der Waals surface area contributed by atoms with Crippen LogP contribution in [0.4, 0.5) is 0 Å². The van der Waals surface area contributed by atoms with E-state index in [1.54, 1.807) is 26.4 Å². The molecule has 0 atom stereocenters. The normalized spacial score (nSPS) is 10.8. The second-order valence-corrected chi connectivity index (χ2v) is 5.36. The predicted molar refractivity (Wildman–Crippen MR) is 89.5 cm³/mol. The molecule has 0 heterocycles. The maximum absolute atomic E-state index is 6.39. The van der Waals surface area contributed by atoms with Gasteiger partial charge in [0.1, 0.15) is 17.6 Å². The van der Waals surface area contributed by atoms with Gasteiger partial charge in [-0.05, 0) is 31.2 Å². The van der Waals surface area contributed by atoms with Crippen LogP contribution in [-0.2, 0) is 4.74 Å². The summed E-state index contributed by atoms with van der Waals surface area (Å²) in [5.41, 5.74) is 1.47. The van der Waals surface area contributed by atoms with Gasteiger partial charge in [0.05, 0.1) is 24.3 Å². The van der Waals surface area contributed by atoms with Crippen molar-refractivity contribution >= 4 is 23.2 Å². The predicted octanol–water partition coefficient (Wildman–Crippen LogP) is 5.14. The van der Waals surface area contributed by atoms with Crippen LogP contribution < -0.4 is 9.47 Å². The molecule has 3 nitrogen and oxygen atoms in total. The van der Waals surface area contributed by atoms with Crippen LogP contribution in [0.5, 0.6) is 11.5 Å². The molecule has 2 rings (SSSR count). The van der Waals surface area contributed by atoms with Crippen molar-refractivity contribution in [2.75, 3.05) is 20.8 Å². The maximum Gasteiger partial charge on any atom is 0.126 e. The number of methoxy groups -OCH3 is 2. The van der Waals surface area contributed by atoms with E-state index in [1.165, 1.54) is 0 Å². The second-order valence-electron chi connectivity index (χ2n) is 4.55. The zero-order chi connectivity index (χ0) is 16.1. The van der Waals surface area contributed by atoms with Crippen molar-refractivity contribution < 1.29 is 14.2 Å². The molecule has 0 unspecified atom stereocenters. The van der Waals surface area contributed by atoms with E-state index in [0.717, 1.165) is 11.1 Å². The zero-order valence-corrected chi connectivity index (χ0v) is 14.2. The molecular formula is C17H18Cl2O3. The molecule has 0 N–H and O–H groups in total. The van der Waals surface area contributed by atoms with Crippen LogP contribution in [0.2, 0.25) is 10.0 Å². The molecule has 0 aliphatic heterocycles. The van der Waals surface area contributed by atoms with Crippen molar-refractivity contribution in [1.29, 1.82) is 0 Å². The smallest absolute Gasteiger partial charge is 0.126 e. The zero-order valence-electron chi connectivity index (χ0n) is 12.7. The van der Waals surface area contributed by atoms with Crippen LogP contribution in [0.15, 0.2) is 36.4 Å². The average Bonchev–Trinajstić information content (AvgIpc) is 2.53. The Kier molecular flexibility index (Phi) is 5.95. The lowest BCUT2D eigenvalue weighted by Gasteiger charge is -2.24. The molecule has 0 aliphatic rings. The van der Waals surface area contributed by atoms with E-state index < -0.39 is 6.10 Å². The molecule has 2 aromatic carbocycles. The SMILES string of the molecule is CCOC(c1c(Cl)cccc1OC)c1c(Cl)cccc1OC. The van der Waals surface area contributed by atoms with Gasteiger partial charge in [0.25, 0.3) is 0 Å². The van der Waals surface area contributed by atoms with Crippen LogP contribution in [0, 0.1) is 0 Å². The fourth-order valence-electron chi connectivity index (χ4n) is 2.38. The number of ether oxygens (including phenoxy) is 3. The first-order valence-electron chi connectivity index (χ1n) is 6.90. The van der Waals surface area contributed by atoms with Crippen molar-refractivity contribution in [3.63, 3.8) is 0 Å². The number of rotatable bonds is 6. The Morgan fingerprint density at radius 1 is 0.864 bits per heavy atom. The third-order valence-electron chi connectivity index (χ3n) is 3.32. The number of halogens is 2. The van der Waals surface area contributed by atoms with E-state index in [0.29, 0.717) is 28.2 Å².